The third-order valence-corrected chi connectivity index (χ3v) is 11.3. The molecular formula is C41H52ClN3O7. The minimum atomic E-state index is -1.34. The molecule has 3 saturated heterocycles. The quantitative estimate of drug-likeness (QED) is 0.165. The molecule has 2 aromatic carbocycles. The van der Waals surface area contributed by atoms with Crippen LogP contribution in [-0.2, 0) is 28.7 Å². The number of rotatable bonds is 16. The molecule has 10 nitrogen and oxygen atoms in total. The van der Waals surface area contributed by atoms with Gasteiger partial charge in [0.05, 0.1) is 47.3 Å². The molecule has 52 heavy (non-hydrogen) atoms. The van der Waals surface area contributed by atoms with Gasteiger partial charge in [0, 0.05) is 20.0 Å². The number of hydrogen-bond acceptors (Lipinski definition) is 7. The summed E-state index contributed by atoms with van der Waals surface area (Å²) < 4.78 is 13.1. The van der Waals surface area contributed by atoms with Crippen molar-refractivity contribution in [2.45, 2.75) is 95.7 Å². The van der Waals surface area contributed by atoms with Crippen LogP contribution in [0.3, 0.4) is 0 Å². The molecule has 3 amide bonds. The predicted molar refractivity (Wildman–Crippen MR) is 200 cm³/mol. The molecule has 2 aromatic rings. The zero-order valence-corrected chi connectivity index (χ0v) is 31.6. The lowest BCUT2D eigenvalue weighted by Crippen LogP contribution is -2.59. The first-order valence-corrected chi connectivity index (χ1v) is 18.6. The second-order valence-corrected chi connectivity index (χ2v) is 15.2. The van der Waals surface area contributed by atoms with Crippen molar-refractivity contribution in [2.24, 2.45) is 17.8 Å². The van der Waals surface area contributed by atoms with E-state index >= 15 is 4.79 Å². The summed E-state index contributed by atoms with van der Waals surface area (Å²) in [4.78, 5) is 62.2. The fourth-order valence-corrected chi connectivity index (χ4v) is 8.83. The molecule has 1 spiro atoms. The van der Waals surface area contributed by atoms with E-state index in [2.05, 4.69) is 13.2 Å². The number of carbonyl (C=O) groups is 4. The van der Waals surface area contributed by atoms with E-state index in [0.29, 0.717) is 42.0 Å². The number of amides is 3. The molecule has 280 valence electrons. The number of aliphatic hydroxyl groups is 1. The number of halogens is 1. The van der Waals surface area contributed by atoms with E-state index in [1.54, 1.807) is 36.2 Å². The van der Waals surface area contributed by atoms with Gasteiger partial charge in [0.25, 0.3) is 5.91 Å². The Hall–Kier alpha value is -3.99. The van der Waals surface area contributed by atoms with Crippen LogP contribution in [0.2, 0.25) is 5.02 Å². The van der Waals surface area contributed by atoms with Crippen LogP contribution in [0.4, 0.5) is 5.69 Å². The molecule has 3 heterocycles. The normalized spacial score (nSPS) is 25.0. The molecule has 11 heteroatoms. The molecule has 0 radical (unpaired) electrons. The van der Waals surface area contributed by atoms with Gasteiger partial charge in [-0.05, 0) is 62.6 Å². The fourth-order valence-electron chi connectivity index (χ4n) is 8.51. The van der Waals surface area contributed by atoms with E-state index in [0.717, 1.165) is 5.56 Å². The van der Waals surface area contributed by atoms with Crippen molar-refractivity contribution in [2.75, 3.05) is 25.1 Å². The molecule has 3 fully saturated rings. The Balaban J connectivity index is 1.55. The highest BCUT2D eigenvalue weighted by Gasteiger charge is 2.76. The number of aryl methyl sites for hydroxylation is 1. The van der Waals surface area contributed by atoms with Crippen molar-refractivity contribution in [1.29, 1.82) is 0 Å². The van der Waals surface area contributed by atoms with Crippen LogP contribution in [0, 0.1) is 24.7 Å². The average Bonchev–Trinajstić information content (AvgIpc) is 3.78. The summed E-state index contributed by atoms with van der Waals surface area (Å²) in [6, 6.07) is 12.2. The van der Waals surface area contributed by atoms with Crippen molar-refractivity contribution < 1.29 is 33.8 Å². The minimum Gasteiger partial charge on any atom is -0.455 e. The maximum absolute atomic E-state index is 15.1. The smallest absolute Gasteiger partial charge is 0.313 e. The first kappa shape index (κ1) is 39.2. The van der Waals surface area contributed by atoms with Crippen molar-refractivity contribution >= 4 is 41.0 Å². The number of benzene rings is 2. The van der Waals surface area contributed by atoms with Gasteiger partial charge in [-0.1, -0.05) is 80.1 Å². The molecule has 5 rings (SSSR count). The van der Waals surface area contributed by atoms with Crippen molar-refractivity contribution in [3.05, 3.63) is 90.0 Å². The van der Waals surface area contributed by atoms with Crippen molar-refractivity contribution in [1.82, 2.24) is 9.80 Å². The maximum atomic E-state index is 15.1. The van der Waals surface area contributed by atoms with Gasteiger partial charge < -0.3 is 29.3 Å². The van der Waals surface area contributed by atoms with Gasteiger partial charge in [0.1, 0.15) is 17.7 Å². The molecular weight excluding hydrogens is 682 g/mol. The number of esters is 1. The number of hydrogen-bond donors (Lipinski definition) is 1. The molecule has 0 aromatic heterocycles. The molecule has 8 atom stereocenters. The Morgan fingerprint density at radius 2 is 1.83 bits per heavy atom. The second kappa shape index (κ2) is 16.4. The van der Waals surface area contributed by atoms with Crippen molar-refractivity contribution in [3.63, 3.8) is 0 Å². The number of nitrogens with zero attached hydrogens (tertiary/aromatic N) is 3. The van der Waals surface area contributed by atoms with Crippen LogP contribution in [0.1, 0.15) is 70.1 Å². The van der Waals surface area contributed by atoms with Crippen LogP contribution in [0.15, 0.2) is 73.8 Å². The standard InChI is InChI=1S/C41H52ClN3O7/c1-8-10-19-32(47)43(7)27(6)36(28-16-12-11-13-17-28)51-40(50)33-31-20-21-41(52-31)34(33)38(48)45(29(24-46)23-25(3)4)37(41)39(49)44(22-9-2)35-26(5)15-14-18-30(35)42/h8-9,11-18,25,27,29,31,33-34,36-37,46H,1-2,10,19-24H2,3-7H3/t27-,29+,31-,33+,34+,36+,37-,41+/m0/s1. The Morgan fingerprint density at radius 3 is 2.44 bits per heavy atom. The van der Waals surface area contributed by atoms with E-state index < -0.39 is 65.6 Å². The predicted octanol–water partition coefficient (Wildman–Crippen LogP) is 6.05. The molecule has 0 saturated carbocycles. The lowest BCUT2D eigenvalue weighted by molar-refractivity contribution is -0.165. The van der Waals surface area contributed by atoms with Gasteiger partial charge in [-0.2, -0.15) is 0 Å². The van der Waals surface area contributed by atoms with E-state index in [1.165, 1.54) is 9.80 Å². The molecule has 0 unspecified atom stereocenters. The molecule has 2 bridgehead atoms. The van der Waals surface area contributed by atoms with Crippen molar-refractivity contribution in [3.8, 4) is 0 Å². The van der Waals surface area contributed by atoms with E-state index in [1.807, 2.05) is 64.1 Å². The number of ether oxygens (including phenoxy) is 2. The Bertz CT molecular complexity index is 1650. The molecule has 0 aliphatic carbocycles. The van der Waals surface area contributed by atoms with Gasteiger partial charge in [0.15, 0.2) is 0 Å². The summed E-state index contributed by atoms with van der Waals surface area (Å²) in [5.74, 6) is -3.52. The Kier molecular flexibility index (Phi) is 12.3. The topological polar surface area (TPSA) is 117 Å². The minimum absolute atomic E-state index is 0.0889. The molecule has 3 aliphatic heterocycles. The summed E-state index contributed by atoms with van der Waals surface area (Å²) in [7, 11) is 1.68. The van der Waals surface area contributed by atoms with Gasteiger partial charge in [-0.15, -0.1) is 13.2 Å². The number of likely N-dealkylation sites (N-methyl/N-ethyl adjacent to an activating group) is 1. The first-order chi connectivity index (χ1) is 24.8. The average molecular weight is 734 g/mol. The SMILES string of the molecule is C=CCCC(=O)N(C)[C@@H](C)[C@@H](OC(=O)[C@@H]1[C@@H]2CC[C@]3(O2)[C@H](C(=O)N(CC=C)c2c(C)cccc2Cl)N([C@@H](CO)CC(C)C)C(=O)[C@@H]13)c1ccccc1. The summed E-state index contributed by atoms with van der Waals surface area (Å²) >= 11 is 6.71. The third-order valence-electron chi connectivity index (χ3n) is 11.0. The maximum Gasteiger partial charge on any atom is 0.313 e. The van der Waals surface area contributed by atoms with Gasteiger partial charge in [-0.3, -0.25) is 19.2 Å². The van der Waals surface area contributed by atoms with Crippen LogP contribution < -0.4 is 4.90 Å². The fraction of sp³-hybridized carbons (Fsp3) is 0.512. The van der Waals surface area contributed by atoms with E-state index in [9.17, 15) is 19.5 Å². The lowest BCUT2D eigenvalue weighted by Gasteiger charge is -2.40. The van der Waals surface area contributed by atoms with E-state index in [4.69, 9.17) is 21.1 Å². The van der Waals surface area contributed by atoms with Crippen LogP contribution in [-0.4, -0.2) is 88.6 Å². The number of likely N-dealkylation sites (tertiary alicyclic amines) is 1. The summed E-state index contributed by atoms with van der Waals surface area (Å²) in [5, 5.41) is 11.1. The number of para-hydroxylation sites is 1. The number of fused-ring (bicyclic) bond motifs is 1. The van der Waals surface area contributed by atoms with E-state index in [-0.39, 0.29) is 31.4 Å². The second-order valence-electron chi connectivity index (χ2n) is 14.8. The van der Waals surface area contributed by atoms with Gasteiger partial charge >= 0.3 is 5.97 Å². The highest BCUT2D eigenvalue weighted by molar-refractivity contribution is 6.34. The van der Waals surface area contributed by atoms with Gasteiger partial charge in [0.2, 0.25) is 11.8 Å². The summed E-state index contributed by atoms with van der Waals surface area (Å²) in [5.41, 5.74) is 0.624. The van der Waals surface area contributed by atoms with Crippen LogP contribution >= 0.6 is 11.6 Å². The largest absolute Gasteiger partial charge is 0.455 e. The highest BCUT2D eigenvalue weighted by Crippen LogP contribution is 2.60. The summed E-state index contributed by atoms with van der Waals surface area (Å²) in [6.45, 7) is 15.0. The number of aliphatic hydroxyl groups excluding tert-OH is 1. The zero-order valence-electron chi connectivity index (χ0n) is 30.9. The van der Waals surface area contributed by atoms with Crippen LogP contribution in [0.5, 0.6) is 0 Å². The summed E-state index contributed by atoms with van der Waals surface area (Å²) in [6.07, 6.45) is 3.80. The van der Waals surface area contributed by atoms with Crippen LogP contribution in [0.25, 0.3) is 0 Å². The van der Waals surface area contributed by atoms with Gasteiger partial charge in [-0.25, -0.2) is 0 Å². The monoisotopic (exact) mass is 733 g/mol. The highest BCUT2D eigenvalue weighted by atomic mass is 35.5. The zero-order chi connectivity index (χ0) is 37.9. The lowest BCUT2D eigenvalue weighted by atomic mass is 9.70. The number of allylic oxidation sites excluding steroid dienone is 1. The molecule has 1 N–H and O–H groups in total. The number of anilines is 1. The molecule has 3 aliphatic rings. The Morgan fingerprint density at radius 1 is 1.12 bits per heavy atom. The first-order valence-electron chi connectivity index (χ1n) is 18.2. The number of carbonyl (C=O) groups excluding carboxylic acids is 4. The Labute approximate surface area is 312 Å². The third kappa shape index (κ3) is 7.17.